The summed E-state index contributed by atoms with van der Waals surface area (Å²) in [5, 5.41) is 0. The molecule has 3 saturated heterocycles. The van der Waals surface area contributed by atoms with Crippen LogP contribution in [-0.2, 0) is 9.53 Å². The van der Waals surface area contributed by atoms with Gasteiger partial charge in [-0.1, -0.05) is 0 Å². The Morgan fingerprint density at radius 1 is 1.07 bits per heavy atom. The quantitative estimate of drug-likeness (QED) is 0.759. The van der Waals surface area contributed by atoms with Crippen LogP contribution in [0.2, 0.25) is 0 Å². The number of piperidine rings is 1. The highest BCUT2D eigenvalue weighted by Crippen LogP contribution is 2.51. The molecule has 0 aromatic carbocycles. The van der Waals surface area contributed by atoms with Crippen molar-refractivity contribution in [2.75, 3.05) is 39.3 Å². The molecular formula is C21H35N3O3. The minimum atomic E-state index is -0.134. The normalized spacial score (nSPS) is 34.9. The van der Waals surface area contributed by atoms with E-state index in [-0.39, 0.29) is 12.0 Å². The number of carbonyl (C=O) groups is 2. The first-order valence-electron chi connectivity index (χ1n) is 10.9. The monoisotopic (exact) mass is 377 g/mol. The third-order valence-corrected chi connectivity index (χ3v) is 7.64. The van der Waals surface area contributed by atoms with Crippen molar-refractivity contribution in [2.45, 2.75) is 70.9 Å². The number of likely N-dealkylation sites (tertiary alicyclic amines) is 3. The lowest BCUT2D eigenvalue weighted by Gasteiger charge is -2.52. The van der Waals surface area contributed by atoms with Crippen LogP contribution in [0.3, 0.4) is 0 Å². The molecule has 3 aliphatic heterocycles. The summed E-state index contributed by atoms with van der Waals surface area (Å²) in [5.74, 6) is 0.945. The summed E-state index contributed by atoms with van der Waals surface area (Å²) in [6.07, 6.45) is 8.29. The van der Waals surface area contributed by atoms with E-state index in [0.717, 1.165) is 26.1 Å². The smallest absolute Gasteiger partial charge is 0.409 e. The lowest BCUT2D eigenvalue weighted by atomic mass is 9.64. The molecule has 27 heavy (non-hydrogen) atoms. The molecule has 1 atom stereocenters. The summed E-state index contributed by atoms with van der Waals surface area (Å²) >= 11 is 0. The van der Waals surface area contributed by atoms with Gasteiger partial charge in [-0.25, -0.2) is 4.79 Å². The Balaban J connectivity index is 1.23. The van der Waals surface area contributed by atoms with Crippen LogP contribution in [0.5, 0.6) is 0 Å². The number of hydrogen-bond donors (Lipinski definition) is 0. The molecule has 6 nitrogen and oxygen atoms in total. The Hall–Kier alpha value is -1.30. The predicted molar refractivity (Wildman–Crippen MR) is 103 cm³/mol. The van der Waals surface area contributed by atoms with Crippen molar-refractivity contribution >= 4 is 12.0 Å². The van der Waals surface area contributed by atoms with E-state index in [1.165, 1.54) is 51.6 Å². The summed E-state index contributed by atoms with van der Waals surface area (Å²) in [6, 6.07) is 1.19. The minimum absolute atomic E-state index is 0.134. The van der Waals surface area contributed by atoms with E-state index >= 15 is 0 Å². The lowest BCUT2D eigenvalue weighted by molar-refractivity contribution is -0.131. The Bertz CT molecular complexity index is 567. The summed E-state index contributed by atoms with van der Waals surface area (Å²) < 4.78 is 5.17. The maximum Gasteiger partial charge on any atom is 0.409 e. The Labute approximate surface area is 163 Å². The summed E-state index contributed by atoms with van der Waals surface area (Å²) in [5.41, 5.74) is 0.352. The number of ether oxygens (including phenoxy) is 1. The predicted octanol–water partition coefficient (Wildman–Crippen LogP) is 2.72. The largest absolute Gasteiger partial charge is 0.450 e. The standard InChI is InChI=1S/C21H35N3O3/c1-3-27-20(26)23-12-8-21(15-23)13-18(14-21)22-10-6-17(7-11-22)19-5-4-9-24(19)16(2)25/h17-19H,3-15H2,1-2H3. The van der Waals surface area contributed by atoms with Crippen molar-refractivity contribution in [3.63, 3.8) is 0 Å². The molecule has 0 radical (unpaired) electrons. The zero-order valence-electron chi connectivity index (χ0n) is 17.0. The van der Waals surface area contributed by atoms with Gasteiger partial charge >= 0.3 is 6.09 Å². The number of amides is 2. The Morgan fingerprint density at radius 3 is 2.48 bits per heavy atom. The molecule has 1 unspecified atom stereocenters. The minimum Gasteiger partial charge on any atom is -0.450 e. The molecule has 0 bridgehead atoms. The van der Waals surface area contributed by atoms with Gasteiger partial charge in [-0.15, -0.1) is 0 Å². The number of hydrogen-bond acceptors (Lipinski definition) is 4. The van der Waals surface area contributed by atoms with Gasteiger partial charge in [0.05, 0.1) is 6.61 Å². The highest BCUT2D eigenvalue weighted by atomic mass is 16.6. The second kappa shape index (κ2) is 7.61. The zero-order valence-corrected chi connectivity index (χ0v) is 17.0. The molecule has 6 heteroatoms. The first-order chi connectivity index (χ1) is 13.0. The average molecular weight is 378 g/mol. The van der Waals surface area contributed by atoms with Crippen molar-refractivity contribution in [3.05, 3.63) is 0 Å². The molecule has 1 saturated carbocycles. The van der Waals surface area contributed by atoms with Gasteiger partial charge in [0.25, 0.3) is 0 Å². The molecular weight excluding hydrogens is 342 g/mol. The highest BCUT2D eigenvalue weighted by molar-refractivity contribution is 5.74. The van der Waals surface area contributed by atoms with Crippen LogP contribution in [0.25, 0.3) is 0 Å². The maximum atomic E-state index is 12.0. The molecule has 0 aromatic rings. The molecule has 4 aliphatic rings. The maximum absolute atomic E-state index is 12.0. The highest BCUT2D eigenvalue weighted by Gasteiger charge is 2.51. The molecule has 152 valence electrons. The number of nitrogens with zero attached hydrogens (tertiary/aromatic N) is 3. The Morgan fingerprint density at radius 2 is 1.81 bits per heavy atom. The molecule has 1 spiro atoms. The second-order valence-electron chi connectivity index (χ2n) is 9.23. The van der Waals surface area contributed by atoms with Crippen LogP contribution >= 0.6 is 0 Å². The van der Waals surface area contributed by atoms with Crippen molar-refractivity contribution < 1.29 is 14.3 Å². The van der Waals surface area contributed by atoms with E-state index in [1.54, 1.807) is 6.92 Å². The first-order valence-corrected chi connectivity index (χ1v) is 10.9. The third kappa shape index (κ3) is 3.69. The van der Waals surface area contributed by atoms with E-state index in [4.69, 9.17) is 4.74 Å². The van der Waals surface area contributed by atoms with Crippen LogP contribution in [0.15, 0.2) is 0 Å². The lowest BCUT2D eigenvalue weighted by Crippen LogP contribution is -2.55. The molecule has 1 aliphatic carbocycles. The van der Waals surface area contributed by atoms with Gasteiger partial charge in [-0.2, -0.15) is 0 Å². The second-order valence-corrected chi connectivity index (χ2v) is 9.23. The first kappa shape index (κ1) is 19.0. The van der Waals surface area contributed by atoms with E-state index < -0.39 is 0 Å². The number of rotatable bonds is 3. The summed E-state index contributed by atoms with van der Waals surface area (Å²) in [4.78, 5) is 30.5. The fraction of sp³-hybridized carbons (Fsp3) is 0.905. The fourth-order valence-electron chi connectivity index (χ4n) is 6.18. The van der Waals surface area contributed by atoms with Crippen molar-refractivity contribution in [1.82, 2.24) is 14.7 Å². The van der Waals surface area contributed by atoms with Crippen LogP contribution in [0, 0.1) is 11.3 Å². The van der Waals surface area contributed by atoms with Crippen LogP contribution in [0.4, 0.5) is 4.79 Å². The summed E-state index contributed by atoms with van der Waals surface area (Å²) in [7, 11) is 0. The van der Waals surface area contributed by atoms with Gasteiger partial charge in [0.2, 0.25) is 5.91 Å². The van der Waals surface area contributed by atoms with Gasteiger partial charge in [-0.3, -0.25) is 4.79 Å². The van der Waals surface area contributed by atoms with Gasteiger partial charge in [0.15, 0.2) is 0 Å². The fourth-order valence-corrected chi connectivity index (χ4v) is 6.18. The molecule has 4 fully saturated rings. The average Bonchev–Trinajstić information content (AvgIpc) is 3.28. The van der Waals surface area contributed by atoms with E-state index in [1.807, 2.05) is 11.8 Å². The number of carbonyl (C=O) groups excluding carboxylic acids is 2. The van der Waals surface area contributed by atoms with Crippen molar-refractivity contribution in [3.8, 4) is 0 Å². The van der Waals surface area contributed by atoms with Gasteiger partial charge in [0, 0.05) is 38.6 Å². The van der Waals surface area contributed by atoms with Crippen LogP contribution in [0.1, 0.15) is 58.8 Å². The van der Waals surface area contributed by atoms with E-state index in [2.05, 4.69) is 9.80 Å². The van der Waals surface area contributed by atoms with E-state index in [0.29, 0.717) is 30.0 Å². The molecule has 2 amide bonds. The van der Waals surface area contributed by atoms with Gasteiger partial charge in [-0.05, 0) is 76.3 Å². The molecule has 4 rings (SSSR count). The Kier molecular flexibility index (Phi) is 5.36. The molecule has 3 heterocycles. The van der Waals surface area contributed by atoms with Crippen LogP contribution < -0.4 is 0 Å². The molecule has 0 N–H and O–H groups in total. The third-order valence-electron chi connectivity index (χ3n) is 7.64. The van der Waals surface area contributed by atoms with Crippen molar-refractivity contribution in [1.29, 1.82) is 0 Å². The van der Waals surface area contributed by atoms with Crippen molar-refractivity contribution in [2.24, 2.45) is 11.3 Å². The zero-order chi connectivity index (χ0) is 19.0. The van der Waals surface area contributed by atoms with Gasteiger partial charge < -0.3 is 19.4 Å². The molecule has 0 aromatic heterocycles. The van der Waals surface area contributed by atoms with Gasteiger partial charge in [0.1, 0.15) is 0 Å². The summed E-state index contributed by atoms with van der Waals surface area (Å²) in [6.45, 7) is 9.11. The van der Waals surface area contributed by atoms with E-state index in [9.17, 15) is 9.59 Å². The topological polar surface area (TPSA) is 53.1 Å². The van der Waals surface area contributed by atoms with Crippen LogP contribution in [-0.4, -0.2) is 78.1 Å². The SMILES string of the molecule is CCOC(=O)N1CCC2(CC(N3CCC(C4CCCN4C(C)=O)CC3)C2)C1.